The number of rotatable bonds is 4. The predicted octanol–water partition coefficient (Wildman–Crippen LogP) is 2.63. The summed E-state index contributed by atoms with van der Waals surface area (Å²) in [5.41, 5.74) is 3.04. The summed E-state index contributed by atoms with van der Waals surface area (Å²) < 4.78 is 0. The van der Waals surface area contributed by atoms with Gasteiger partial charge < -0.3 is 15.2 Å². The number of nitrogens with zero attached hydrogens (tertiary/aromatic N) is 4. The van der Waals surface area contributed by atoms with Gasteiger partial charge in [-0.3, -0.25) is 9.97 Å². The van der Waals surface area contributed by atoms with Gasteiger partial charge >= 0.3 is 0 Å². The van der Waals surface area contributed by atoms with E-state index in [1.165, 1.54) is 0 Å². The lowest BCUT2D eigenvalue weighted by atomic mass is 10.1. The van der Waals surface area contributed by atoms with Crippen molar-refractivity contribution in [3.63, 3.8) is 0 Å². The van der Waals surface area contributed by atoms with Crippen LogP contribution in [0.3, 0.4) is 0 Å². The van der Waals surface area contributed by atoms with Crippen LogP contribution in [-0.2, 0) is 0 Å². The van der Waals surface area contributed by atoms with Gasteiger partial charge in [0.25, 0.3) is 0 Å². The number of nitrogens with one attached hydrogen (secondary N) is 2. The predicted molar refractivity (Wildman–Crippen MR) is 93.7 cm³/mol. The molecule has 4 aromatic heterocycles. The number of pyridine rings is 3. The summed E-state index contributed by atoms with van der Waals surface area (Å²) in [6.45, 7) is 1.77. The Hall–Kier alpha value is -2.73. The van der Waals surface area contributed by atoms with Crippen LogP contribution in [0.2, 0.25) is 0 Å². The SMILES string of the molecule is CN(C)CCNc1nc2ccncc2c2[nH]c3ccncc3c12. The number of aromatic nitrogens is 4. The van der Waals surface area contributed by atoms with Crippen molar-refractivity contribution in [3.8, 4) is 0 Å². The van der Waals surface area contributed by atoms with Crippen molar-refractivity contribution < 1.29 is 0 Å². The monoisotopic (exact) mass is 306 g/mol. The Morgan fingerprint density at radius 2 is 1.87 bits per heavy atom. The number of anilines is 1. The zero-order valence-electron chi connectivity index (χ0n) is 13.2. The molecule has 0 aliphatic carbocycles. The standard InChI is InChI=1S/C17H18N6/c1-23(2)8-7-20-17-15-11-9-18-5-3-13(11)21-16(15)12-10-19-6-4-14(12)22-17/h3-6,9-10,21H,7-8H2,1-2H3,(H,20,22). The molecule has 23 heavy (non-hydrogen) atoms. The normalized spacial score (nSPS) is 11.8. The molecule has 0 bridgehead atoms. The molecule has 4 heterocycles. The van der Waals surface area contributed by atoms with Crippen molar-refractivity contribution in [2.45, 2.75) is 0 Å². The molecular weight excluding hydrogens is 288 g/mol. The number of hydrogen-bond acceptors (Lipinski definition) is 5. The van der Waals surface area contributed by atoms with Crippen LogP contribution in [0.15, 0.2) is 36.9 Å². The van der Waals surface area contributed by atoms with Gasteiger partial charge in [-0.15, -0.1) is 0 Å². The average molecular weight is 306 g/mol. The summed E-state index contributed by atoms with van der Waals surface area (Å²) in [6.07, 6.45) is 7.31. The molecule has 6 heteroatoms. The van der Waals surface area contributed by atoms with Crippen LogP contribution >= 0.6 is 0 Å². The third-order valence-corrected chi connectivity index (χ3v) is 3.99. The van der Waals surface area contributed by atoms with E-state index in [1.807, 2.05) is 24.5 Å². The molecule has 0 unspecified atom stereocenters. The fourth-order valence-corrected chi connectivity index (χ4v) is 2.86. The molecule has 0 saturated heterocycles. The largest absolute Gasteiger partial charge is 0.368 e. The Morgan fingerprint density at radius 1 is 1.09 bits per heavy atom. The number of aromatic amines is 1. The van der Waals surface area contributed by atoms with Crippen molar-refractivity contribution in [2.24, 2.45) is 0 Å². The summed E-state index contributed by atoms with van der Waals surface area (Å²) in [7, 11) is 4.12. The first-order chi connectivity index (χ1) is 11.2. The van der Waals surface area contributed by atoms with E-state index < -0.39 is 0 Å². The van der Waals surface area contributed by atoms with E-state index in [9.17, 15) is 0 Å². The van der Waals surface area contributed by atoms with Crippen LogP contribution < -0.4 is 5.32 Å². The van der Waals surface area contributed by atoms with E-state index in [0.29, 0.717) is 0 Å². The van der Waals surface area contributed by atoms with E-state index in [0.717, 1.165) is 51.6 Å². The lowest BCUT2D eigenvalue weighted by molar-refractivity contribution is 0.425. The first kappa shape index (κ1) is 13.9. The number of likely N-dealkylation sites (N-methyl/N-ethyl adjacent to an activating group) is 1. The fraction of sp³-hybridized carbons (Fsp3) is 0.235. The van der Waals surface area contributed by atoms with Crippen molar-refractivity contribution in [1.29, 1.82) is 0 Å². The first-order valence-corrected chi connectivity index (χ1v) is 7.62. The summed E-state index contributed by atoms with van der Waals surface area (Å²) >= 11 is 0. The Bertz CT molecular complexity index is 988. The lowest BCUT2D eigenvalue weighted by Gasteiger charge is -2.12. The van der Waals surface area contributed by atoms with Crippen molar-refractivity contribution in [2.75, 3.05) is 32.5 Å². The molecule has 0 spiro atoms. The minimum atomic E-state index is 0.832. The van der Waals surface area contributed by atoms with Gasteiger partial charge in [0.2, 0.25) is 0 Å². The van der Waals surface area contributed by atoms with Crippen LogP contribution in [0, 0.1) is 0 Å². The maximum Gasteiger partial charge on any atom is 0.136 e. The molecule has 2 N–H and O–H groups in total. The van der Waals surface area contributed by atoms with Gasteiger partial charge in [0.1, 0.15) is 5.82 Å². The summed E-state index contributed by atoms with van der Waals surface area (Å²) in [5.74, 6) is 0.889. The average Bonchev–Trinajstić information content (AvgIpc) is 2.94. The molecule has 6 nitrogen and oxygen atoms in total. The van der Waals surface area contributed by atoms with Gasteiger partial charge in [-0.05, 0) is 26.2 Å². The molecule has 0 aliphatic heterocycles. The van der Waals surface area contributed by atoms with Gasteiger partial charge in [0.15, 0.2) is 0 Å². The van der Waals surface area contributed by atoms with Gasteiger partial charge in [-0.2, -0.15) is 0 Å². The Kier molecular flexibility index (Phi) is 3.31. The first-order valence-electron chi connectivity index (χ1n) is 7.62. The highest BCUT2D eigenvalue weighted by Crippen LogP contribution is 2.34. The Labute approximate surface area is 133 Å². The van der Waals surface area contributed by atoms with E-state index in [1.54, 1.807) is 12.4 Å². The quantitative estimate of drug-likeness (QED) is 0.606. The van der Waals surface area contributed by atoms with Gasteiger partial charge in [0, 0.05) is 54.2 Å². The highest BCUT2D eigenvalue weighted by atomic mass is 15.1. The van der Waals surface area contributed by atoms with E-state index in [2.05, 4.69) is 39.3 Å². The third-order valence-electron chi connectivity index (χ3n) is 3.99. The minimum absolute atomic E-state index is 0.832. The second kappa shape index (κ2) is 5.48. The van der Waals surface area contributed by atoms with E-state index in [4.69, 9.17) is 4.98 Å². The van der Waals surface area contributed by atoms with Crippen LogP contribution in [0.4, 0.5) is 5.82 Å². The van der Waals surface area contributed by atoms with Crippen molar-refractivity contribution in [1.82, 2.24) is 24.8 Å². The highest BCUT2D eigenvalue weighted by molar-refractivity contribution is 6.19. The number of fused-ring (bicyclic) bond motifs is 5. The Balaban J connectivity index is 1.97. The summed E-state index contributed by atoms with van der Waals surface area (Å²) in [5, 5.41) is 6.65. The lowest BCUT2D eigenvalue weighted by Crippen LogP contribution is -2.21. The zero-order valence-corrected chi connectivity index (χ0v) is 13.2. The molecular formula is C17H18N6. The topological polar surface area (TPSA) is 69.7 Å². The van der Waals surface area contributed by atoms with E-state index in [-0.39, 0.29) is 0 Å². The maximum absolute atomic E-state index is 4.81. The fourth-order valence-electron chi connectivity index (χ4n) is 2.86. The molecule has 116 valence electrons. The molecule has 0 amide bonds. The van der Waals surface area contributed by atoms with E-state index >= 15 is 0 Å². The maximum atomic E-state index is 4.81. The molecule has 0 aromatic carbocycles. The van der Waals surface area contributed by atoms with Crippen LogP contribution in [-0.4, -0.2) is 52.0 Å². The summed E-state index contributed by atoms with van der Waals surface area (Å²) in [6, 6.07) is 3.93. The number of hydrogen-bond donors (Lipinski definition) is 2. The Morgan fingerprint density at radius 3 is 2.70 bits per heavy atom. The van der Waals surface area contributed by atoms with Gasteiger partial charge in [0.05, 0.1) is 16.4 Å². The number of H-pyrrole nitrogens is 1. The molecule has 0 fully saturated rings. The van der Waals surface area contributed by atoms with Crippen LogP contribution in [0.5, 0.6) is 0 Å². The molecule has 4 aromatic rings. The van der Waals surface area contributed by atoms with Crippen LogP contribution in [0.1, 0.15) is 0 Å². The van der Waals surface area contributed by atoms with Gasteiger partial charge in [-0.1, -0.05) is 0 Å². The van der Waals surface area contributed by atoms with Crippen molar-refractivity contribution >= 4 is 38.5 Å². The zero-order chi connectivity index (χ0) is 15.8. The second-order valence-electron chi connectivity index (χ2n) is 5.88. The minimum Gasteiger partial charge on any atom is -0.368 e. The third kappa shape index (κ3) is 2.37. The molecule has 0 atom stereocenters. The summed E-state index contributed by atoms with van der Waals surface area (Å²) in [4.78, 5) is 19.0. The van der Waals surface area contributed by atoms with Crippen LogP contribution in [0.25, 0.3) is 32.7 Å². The molecule has 0 saturated carbocycles. The van der Waals surface area contributed by atoms with Gasteiger partial charge in [-0.25, -0.2) is 4.98 Å². The molecule has 0 aliphatic rings. The second-order valence-corrected chi connectivity index (χ2v) is 5.88. The molecule has 4 rings (SSSR count). The molecule has 0 radical (unpaired) electrons. The highest BCUT2D eigenvalue weighted by Gasteiger charge is 2.14. The smallest absolute Gasteiger partial charge is 0.136 e. The van der Waals surface area contributed by atoms with Crippen molar-refractivity contribution in [3.05, 3.63) is 36.9 Å².